The molecule has 2 aromatic carbocycles. The van der Waals surface area contributed by atoms with Crippen molar-refractivity contribution >= 4 is 22.7 Å². The maximum Gasteiger partial charge on any atom is 0.203 e. The third-order valence-corrected chi connectivity index (χ3v) is 3.89. The van der Waals surface area contributed by atoms with Gasteiger partial charge in [0.2, 0.25) is 5.13 Å². The molecular weight excluding hydrogens is 297 g/mol. The number of rotatable bonds is 4. The number of nitrogens with zero attached hydrogens (tertiary/aromatic N) is 2. The molecule has 0 unspecified atom stereocenters. The van der Waals surface area contributed by atoms with Crippen LogP contribution in [0, 0.1) is 12.7 Å². The van der Waals surface area contributed by atoms with E-state index in [1.807, 2.05) is 41.8 Å². The summed E-state index contributed by atoms with van der Waals surface area (Å²) in [5.74, 6) is -0.232. The number of hydrogen-bond acceptors (Lipinski definition) is 4. The number of aromatic nitrogens is 1. The molecule has 3 rings (SSSR count). The van der Waals surface area contributed by atoms with Crippen LogP contribution in [0.3, 0.4) is 0 Å². The van der Waals surface area contributed by atoms with Gasteiger partial charge in [-0.15, -0.1) is 11.3 Å². The molecule has 0 spiro atoms. The molecule has 0 aliphatic heterocycles. The minimum Gasteiger partial charge on any atom is -0.253 e. The van der Waals surface area contributed by atoms with Crippen LogP contribution < -0.4 is 5.43 Å². The molecule has 0 atom stereocenters. The number of nitrogens with one attached hydrogen (secondary N) is 1. The van der Waals surface area contributed by atoms with Gasteiger partial charge < -0.3 is 0 Å². The van der Waals surface area contributed by atoms with E-state index in [9.17, 15) is 4.39 Å². The van der Waals surface area contributed by atoms with Gasteiger partial charge in [0, 0.05) is 10.9 Å². The van der Waals surface area contributed by atoms with Crippen LogP contribution in [0.2, 0.25) is 0 Å². The molecule has 1 N–H and O–H groups in total. The zero-order chi connectivity index (χ0) is 15.4. The van der Waals surface area contributed by atoms with Crippen molar-refractivity contribution in [2.75, 3.05) is 5.43 Å². The molecule has 3 aromatic rings. The minimum absolute atomic E-state index is 0.232. The van der Waals surface area contributed by atoms with E-state index >= 15 is 0 Å². The van der Waals surface area contributed by atoms with Crippen LogP contribution in [-0.2, 0) is 0 Å². The summed E-state index contributed by atoms with van der Waals surface area (Å²) < 4.78 is 13.4. The summed E-state index contributed by atoms with van der Waals surface area (Å²) in [7, 11) is 0. The van der Waals surface area contributed by atoms with E-state index in [0.29, 0.717) is 16.3 Å². The monoisotopic (exact) mass is 311 g/mol. The average molecular weight is 311 g/mol. The van der Waals surface area contributed by atoms with E-state index in [1.54, 1.807) is 19.2 Å². The molecule has 0 amide bonds. The number of thiazole rings is 1. The van der Waals surface area contributed by atoms with Gasteiger partial charge in [0.15, 0.2) is 0 Å². The Kier molecular flexibility index (Phi) is 4.25. The fourth-order valence-electron chi connectivity index (χ4n) is 1.92. The molecular formula is C17H14FN3S. The van der Waals surface area contributed by atoms with Crippen LogP contribution in [0.5, 0.6) is 0 Å². The van der Waals surface area contributed by atoms with Crippen molar-refractivity contribution in [2.24, 2.45) is 5.10 Å². The minimum atomic E-state index is -0.232. The van der Waals surface area contributed by atoms with Gasteiger partial charge >= 0.3 is 0 Å². The summed E-state index contributed by atoms with van der Waals surface area (Å²) in [4.78, 5) is 4.46. The largest absolute Gasteiger partial charge is 0.253 e. The lowest BCUT2D eigenvalue weighted by Crippen LogP contribution is -1.92. The zero-order valence-corrected chi connectivity index (χ0v) is 12.8. The highest BCUT2D eigenvalue weighted by Gasteiger charge is 2.03. The second-order valence-corrected chi connectivity index (χ2v) is 5.64. The zero-order valence-electron chi connectivity index (χ0n) is 12.0. The Bertz CT molecular complexity index is 797. The number of hydrazone groups is 1. The maximum atomic E-state index is 13.4. The Balaban J connectivity index is 1.68. The molecule has 5 heteroatoms. The van der Waals surface area contributed by atoms with Crippen molar-refractivity contribution < 1.29 is 4.39 Å². The Hall–Kier alpha value is -2.53. The second kappa shape index (κ2) is 6.49. The summed E-state index contributed by atoms with van der Waals surface area (Å²) in [5.41, 5.74) is 6.17. The Morgan fingerprint density at radius 2 is 2.00 bits per heavy atom. The summed E-state index contributed by atoms with van der Waals surface area (Å²) in [6, 6.07) is 15.0. The molecule has 22 heavy (non-hydrogen) atoms. The molecule has 110 valence electrons. The van der Waals surface area contributed by atoms with Crippen molar-refractivity contribution in [3.63, 3.8) is 0 Å². The van der Waals surface area contributed by atoms with Gasteiger partial charge in [-0.2, -0.15) is 5.10 Å². The molecule has 1 heterocycles. The lowest BCUT2D eigenvalue weighted by atomic mass is 10.1. The van der Waals surface area contributed by atoms with Crippen LogP contribution in [-0.4, -0.2) is 11.2 Å². The smallest absolute Gasteiger partial charge is 0.203 e. The highest BCUT2D eigenvalue weighted by atomic mass is 32.1. The first-order chi connectivity index (χ1) is 10.7. The number of anilines is 1. The molecule has 0 aliphatic carbocycles. The molecule has 1 aromatic heterocycles. The topological polar surface area (TPSA) is 37.3 Å². The number of aryl methyl sites for hydroxylation is 1. The van der Waals surface area contributed by atoms with Crippen LogP contribution in [0.25, 0.3) is 11.3 Å². The molecule has 0 bridgehead atoms. The van der Waals surface area contributed by atoms with E-state index in [0.717, 1.165) is 11.3 Å². The van der Waals surface area contributed by atoms with Crippen molar-refractivity contribution in [3.8, 4) is 11.3 Å². The number of hydrogen-bond donors (Lipinski definition) is 1. The van der Waals surface area contributed by atoms with Gasteiger partial charge in [0.05, 0.1) is 11.9 Å². The van der Waals surface area contributed by atoms with Gasteiger partial charge in [-0.3, -0.25) is 5.43 Å². The first kappa shape index (κ1) is 14.4. The van der Waals surface area contributed by atoms with Crippen molar-refractivity contribution in [1.82, 2.24) is 4.98 Å². The molecule has 0 saturated heterocycles. The standard InChI is InChI=1S/C17H14FN3S/c1-12-7-8-13(9-15(12)18)10-19-21-17-20-16(11-22-17)14-5-3-2-4-6-14/h2-11H,1H3,(H,20,21). The molecule has 3 nitrogen and oxygen atoms in total. The fourth-order valence-corrected chi connectivity index (χ4v) is 2.59. The van der Waals surface area contributed by atoms with Crippen LogP contribution >= 0.6 is 11.3 Å². The predicted octanol–water partition coefficient (Wildman–Crippen LogP) is 4.70. The lowest BCUT2D eigenvalue weighted by Gasteiger charge is -1.98. The van der Waals surface area contributed by atoms with Crippen LogP contribution in [0.15, 0.2) is 59.0 Å². The molecule has 0 aliphatic rings. The van der Waals surface area contributed by atoms with Crippen molar-refractivity contribution in [2.45, 2.75) is 6.92 Å². The molecule has 0 fully saturated rings. The third kappa shape index (κ3) is 3.38. The first-order valence-corrected chi connectivity index (χ1v) is 7.66. The Morgan fingerprint density at radius 3 is 2.77 bits per heavy atom. The Morgan fingerprint density at radius 1 is 1.18 bits per heavy atom. The SMILES string of the molecule is Cc1ccc(C=NNc2nc(-c3ccccc3)cs2)cc1F. The van der Waals surface area contributed by atoms with E-state index in [2.05, 4.69) is 15.5 Å². The first-order valence-electron chi connectivity index (χ1n) is 6.78. The summed E-state index contributed by atoms with van der Waals surface area (Å²) in [5, 5.41) is 6.76. The normalized spacial score (nSPS) is 11.0. The van der Waals surface area contributed by atoms with E-state index < -0.39 is 0 Å². The van der Waals surface area contributed by atoms with Crippen molar-refractivity contribution in [3.05, 3.63) is 70.9 Å². The summed E-state index contributed by atoms with van der Waals surface area (Å²) in [6.45, 7) is 1.73. The Labute approximate surface area is 132 Å². The third-order valence-electron chi connectivity index (χ3n) is 3.14. The van der Waals surface area contributed by atoms with E-state index in [1.165, 1.54) is 17.4 Å². The van der Waals surface area contributed by atoms with Gasteiger partial charge in [0.1, 0.15) is 5.82 Å². The highest BCUT2D eigenvalue weighted by Crippen LogP contribution is 2.24. The number of benzene rings is 2. The van der Waals surface area contributed by atoms with E-state index in [-0.39, 0.29) is 5.82 Å². The van der Waals surface area contributed by atoms with Gasteiger partial charge in [0.25, 0.3) is 0 Å². The second-order valence-electron chi connectivity index (χ2n) is 4.78. The van der Waals surface area contributed by atoms with Gasteiger partial charge in [-0.1, -0.05) is 42.5 Å². The van der Waals surface area contributed by atoms with Crippen molar-refractivity contribution in [1.29, 1.82) is 0 Å². The summed E-state index contributed by atoms with van der Waals surface area (Å²) in [6.07, 6.45) is 1.58. The molecule has 0 radical (unpaired) electrons. The highest BCUT2D eigenvalue weighted by molar-refractivity contribution is 7.14. The van der Waals surface area contributed by atoms with Crippen LogP contribution in [0.4, 0.5) is 9.52 Å². The van der Waals surface area contributed by atoms with Crippen LogP contribution in [0.1, 0.15) is 11.1 Å². The number of halogens is 1. The lowest BCUT2D eigenvalue weighted by molar-refractivity contribution is 0.618. The quantitative estimate of drug-likeness (QED) is 0.560. The maximum absolute atomic E-state index is 13.4. The van der Waals surface area contributed by atoms with E-state index in [4.69, 9.17) is 0 Å². The van der Waals surface area contributed by atoms with Gasteiger partial charge in [-0.25, -0.2) is 9.37 Å². The fraction of sp³-hybridized carbons (Fsp3) is 0.0588. The van der Waals surface area contributed by atoms with Gasteiger partial charge in [-0.05, 0) is 24.1 Å². The summed E-state index contributed by atoms with van der Waals surface area (Å²) >= 11 is 1.48. The molecule has 0 saturated carbocycles. The predicted molar refractivity (Wildman–Crippen MR) is 89.9 cm³/mol. The average Bonchev–Trinajstić information content (AvgIpc) is 3.01.